The van der Waals surface area contributed by atoms with E-state index in [4.69, 9.17) is 5.11 Å². The SMILES string of the molecule is CSc1cc(NS(=O)(=O)c2cccc(C(=O)O)c2)nc(-c2c(C)cccc2C)n1. The number of carbonyl (C=O) groups is 1. The van der Waals surface area contributed by atoms with E-state index in [0.717, 1.165) is 22.8 Å². The molecule has 0 aliphatic heterocycles. The highest BCUT2D eigenvalue weighted by atomic mass is 32.2. The molecule has 7 nitrogen and oxygen atoms in total. The first-order valence-electron chi connectivity index (χ1n) is 8.57. The van der Waals surface area contributed by atoms with Crippen molar-refractivity contribution in [3.8, 4) is 11.4 Å². The maximum absolute atomic E-state index is 12.8. The largest absolute Gasteiger partial charge is 0.478 e. The minimum absolute atomic E-state index is 0.114. The molecule has 3 aromatic rings. The van der Waals surface area contributed by atoms with Crippen molar-refractivity contribution in [2.45, 2.75) is 23.8 Å². The second-order valence-corrected chi connectivity index (χ2v) is 8.83. The molecular weight excluding hydrogens is 410 g/mol. The Labute approximate surface area is 173 Å². The molecule has 0 fully saturated rings. The molecule has 1 heterocycles. The van der Waals surface area contributed by atoms with Gasteiger partial charge in [-0.15, -0.1) is 11.8 Å². The summed E-state index contributed by atoms with van der Waals surface area (Å²) >= 11 is 1.37. The van der Waals surface area contributed by atoms with Crippen molar-refractivity contribution in [3.63, 3.8) is 0 Å². The highest BCUT2D eigenvalue weighted by molar-refractivity contribution is 7.98. The van der Waals surface area contributed by atoms with Gasteiger partial charge in [-0.25, -0.2) is 23.2 Å². The fourth-order valence-corrected chi connectivity index (χ4v) is 4.30. The van der Waals surface area contributed by atoms with Gasteiger partial charge in [0.05, 0.1) is 10.5 Å². The van der Waals surface area contributed by atoms with Gasteiger partial charge in [0.1, 0.15) is 10.8 Å². The molecule has 29 heavy (non-hydrogen) atoms. The lowest BCUT2D eigenvalue weighted by molar-refractivity contribution is 0.0696. The topological polar surface area (TPSA) is 109 Å². The first-order chi connectivity index (χ1) is 13.7. The monoisotopic (exact) mass is 429 g/mol. The maximum atomic E-state index is 12.8. The third kappa shape index (κ3) is 4.57. The van der Waals surface area contributed by atoms with Gasteiger partial charge in [0, 0.05) is 11.6 Å². The quantitative estimate of drug-likeness (QED) is 0.450. The Kier molecular flexibility index (Phi) is 5.90. The smallest absolute Gasteiger partial charge is 0.335 e. The summed E-state index contributed by atoms with van der Waals surface area (Å²) in [6, 6.07) is 12.5. The van der Waals surface area contributed by atoms with Crippen LogP contribution in [0.25, 0.3) is 11.4 Å². The number of carboxylic acids is 1. The number of nitrogens with one attached hydrogen (secondary N) is 1. The summed E-state index contributed by atoms with van der Waals surface area (Å²) in [5.41, 5.74) is 2.69. The molecule has 2 N–H and O–H groups in total. The summed E-state index contributed by atoms with van der Waals surface area (Å²) < 4.78 is 28.0. The summed E-state index contributed by atoms with van der Waals surface area (Å²) in [5.74, 6) is -0.668. The number of nitrogens with zero attached hydrogens (tertiary/aromatic N) is 2. The Balaban J connectivity index is 2.05. The van der Waals surface area contributed by atoms with Crippen molar-refractivity contribution in [2.75, 3.05) is 11.0 Å². The van der Waals surface area contributed by atoms with Crippen LogP contribution >= 0.6 is 11.8 Å². The molecular formula is C20H19N3O4S2. The van der Waals surface area contributed by atoms with E-state index < -0.39 is 16.0 Å². The zero-order valence-corrected chi connectivity index (χ0v) is 17.6. The van der Waals surface area contributed by atoms with Crippen molar-refractivity contribution < 1.29 is 18.3 Å². The van der Waals surface area contributed by atoms with Gasteiger partial charge in [-0.3, -0.25) is 4.72 Å². The Bertz CT molecular complexity index is 1170. The zero-order valence-electron chi connectivity index (χ0n) is 16.0. The first kappa shape index (κ1) is 20.8. The van der Waals surface area contributed by atoms with Crippen LogP contribution in [0.3, 0.4) is 0 Å². The normalized spacial score (nSPS) is 11.3. The summed E-state index contributed by atoms with van der Waals surface area (Å²) in [6.07, 6.45) is 1.84. The standard InChI is InChI=1S/C20H19N3O4S2/c1-12-6-4-7-13(2)18(12)19-21-16(11-17(22-19)28-3)23-29(26,27)15-9-5-8-14(10-15)20(24)25/h4-11H,1-3H3,(H,24,25)(H,21,22,23). The van der Waals surface area contributed by atoms with Gasteiger partial charge in [0.2, 0.25) is 0 Å². The molecule has 0 saturated heterocycles. The van der Waals surface area contributed by atoms with Crippen LogP contribution in [0.1, 0.15) is 21.5 Å². The minimum atomic E-state index is -4.03. The molecule has 0 amide bonds. The third-order valence-electron chi connectivity index (χ3n) is 4.25. The number of sulfonamides is 1. The van der Waals surface area contributed by atoms with E-state index in [1.807, 2.05) is 38.3 Å². The van der Waals surface area contributed by atoms with Gasteiger partial charge in [0.15, 0.2) is 5.82 Å². The van der Waals surface area contributed by atoms with Crippen LogP contribution in [0.4, 0.5) is 5.82 Å². The van der Waals surface area contributed by atoms with Crippen LogP contribution in [0.5, 0.6) is 0 Å². The molecule has 1 aromatic heterocycles. The number of anilines is 1. The molecule has 0 aliphatic carbocycles. The summed E-state index contributed by atoms with van der Waals surface area (Å²) in [5, 5.41) is 9.71. The molecule has 2 aromatic carbocycles. The van der Waals surface area contributed by atoms with Crippen LogP contribution < -0.4 is 4.72 Å². The fraction of sp³-hybridized carbons (Fsp3) is 0.150. The summed E-state index contributed by atoms with van der Waals surface area (Å²) in [4.78, 5) is 19.9. The molecule has 0 saturated carbocycles. The van der Waals surface area contributed by atoms with Gasteiger partial charge in [-0.05, 0) is 49.4 Å². The third-order valence-corrected chi connectivity index (χ3v) is 6.23. The molecule has 0 atom stereocenters. The van der Waals surface area contributed by atoms with Gasteiger partial charge in [-0.2, -0.15) is 0 Å². The molecule has 0 bridgehead atoms. The van der Waals surface area contributed by atoms with Crippen LogP contribution in [0.15, 0.2) is 58.5 Å². The second kappa shape index (κ2) is 8.22. The summed E-state index contributed by atoms with van der Waals surface area (Å²) in [6.45, 7) is 3.89. The van der Waals surface area contributed by atoms with Crippen LogP contribution in [0, 0.1) is 13.8 Å². The number of aromatic nitrogens is 2. The molecule has 9 heteroatoms. The Hall–Kier alpha value is -2.91. The number of benzene rings is 2. The number of hydrogen-bond donors (Lipinski definition) is 2. The number of carboxylic acid groups (broad SMARTS) is 1. The number of thioether (sulfide) groups is 1. The maximum Gasteiger partial charge on any atom is 0.335 e. The van der Waals surface area contributed by atoms with E-state index in [0.29, 0.717) is 10.9 Å². The van der Waals surface area contributed by atoms with Crippen molar-refractivity contribution in [3.05, 3.63) is 65.2 Å². The lowest BCUT2D eigenvalue weighted by Crippen LogP contribution is -2.15. The molecule has 0 spiro atoms. The van der Waals surface area contributed by atoms with Crippen LogP contribution in [-0.4, -0.2) is 35.7 Å². The number of hydrogen-bond acceptors (Lipinski definition) is 6. The van der Waals surface area contributed by atoms with Crippen molar-refractivity contribution >= 4 is 33.6 Å². The number of aryl methyl sites for hydroxylation is 2. The van der Waals surface area contributed by atoms with Crippen LogP contribution in [0.2, 0.25) is 0 Å². The number of aromatic carboxylic acids is 1. The van der Waals surface area contributed by atoms with E-state index in [1.54, 1.807) is 6.07 Å². The minimum Gasteiger partial charge on any atom is -0.478 e. The van der Waals surface area contributed by atoms with Gasteiger partial charge in [-0.1, -0.05) is 24.3 Å². The molecule has 0 radical (unpaired) electrons. The fourth-order valence-electron chi connectivity index (χ4n) is 2.85. The first-order valence-corrected chi connectivity index (χ1v) is 11.3. The second-order valence-electron chi connectivity index (χ2n) is 6.32. The van der Waals surface area contributed by atoms with Crippen LogP contribution in [-0.2, 0) is 10.0 Å². The van der Waals surface area contributed by atoms with E-state index in [1.165, 1.54) is 30.0 Å². The van der Waals surface area contributed by atoms with Crippen molar-refractivity contribution in [1.29, 1.82) is 0 Å². The highest BCUT2D eigenvalue weighted by Gasteiger charge is 2.19. The average molecular weight is 430 g/mol. The lowest BCUT2D eigenvalue weighted by Gasteiger charge is -2.13. The van der Waals surface area contributed by atoms with Crippen molar-refractivity contribution in [2.24, 2.45) is 0 Å². The Morgan fingerprint density at radius 1 is 1.03 bits per heavy atom. The van der Waals surface area contributed by atoms with Gasteiger partial charge in [0.25, 0.3) is 10.0 Å². The average Bonchev–Trinajstić information content (AvgIpc) is 2.67. The molecule has 0 aliphatic rings. The van der Waals surface area contributed by atoms with Gasteiger partial charge >= 0.3 is 5.97 Å². The number of rotatable bonds is 6. The van der Waals surface area contributed by atoms with Gasteiger partial charge < -0.3 is 5.11 Å². The van der Waals surface area contributed by atoms with Crippen molar-refractivity contribution in [1.82, 2.24) is 9.97 Å². The predicted octanol–water partition coefficient (Wildman–Crippen LogP) is 3.98. The predicted molar refractivity (Wildman–Crippen MR) is 113 cm³/mol. The zero-order chi connectivity index (χ0) is 21.2. The van der Waals surface area contributed by atoms with E-state index >= 15 is 0 Å². The van der Waals surface area contributed by atoms with E-state index in [9.17, 15) is 13.2 Å². The molecule has 150 valence electrons. The molecule has 3 rings (SSSR count). The highest BCUT2D eigenvalue weighted by Crippen LogP contribution is 2.28. The van der Waals surface area contributed by atoms with E-state index in [2.05, 4.69) is 14.7 Å². The van der Waals surface area contributed by atoms with E-state index in [-0.39, 0.29) is 16.3 Å². The Morgan fingerprint density at radius 3 is 2.31 bits per heavy atom. The molecule has 0 unspecified atom stereocenters. The summed E-state index contributed by atoms with van der Waals surface area (Å²) in [7, 11) is -4.03. The lowest BCUT2D eigenvalue weighted by atomic mass is 10.0. The Morgan fingerprint density at radius 2 is 1.69 bits per heavy atom.